The van der Waals surface area contributed by atoms with Crippen molar-refractivity contribution >= 4 is 11.6 Å². The Hall–Kier alpha value is -2.63. The van der Waals surface area contributed by atoms with Crippen LogP contribution in [-0.2, 0) is 6.67 Å². The van der Waals surface area contributed by atoms with Gasteiger partial charge in [-0.05, 0) is 36.1 Å². The molecule has 2 rings (SSSR count). The minimum absolute atomic E-state index is 0.302. The molecule has 0 unspecified atom stereocenters. The molecular weight excluding hydrogens is 311 g/mol. The van der Waals surface area contributed by atoms with E-state index < -0.39 is 12.6 Å². The van der Waals surface area contributed by atoms with Gasteiger partial charge in [-0.2, -0.15) is 0 Å². The number of aromatic nitrogens is 1. The number of H-pyrrole nitrogens is 1. The lowest BCUT2D eigenvalue weighted by molar-refractivity contribution is 0.102. The maximum atomic E-state index is 12.9. The molecule has 1 amide bonds. The van der Waals surface area contributed by atoms with Crippen LogP contribution in [0.4, 0.5) is 10.1 Å². The zero-order valence-electron chi connectivity index (χ0n) is 13.8. The van der Waals surface area contributed by atoms with E-state index in [2.05, 4.69) is 24.1 Å². The van der Waals surface area contributed by atoms with Crippen molar-refractivity contribution in [1.82, 2.24) is 4.98 Å². The van der Waals surface area contributed by atoms with Crippen LogP contribution in [-0.4, -0.2) is 17.5 Å². The number of alkyl halides is 1. The summed E-state index contributed by atoms with van der Waals surface area (Å²) in [5.41, 5.74) is 0.818. The first-order valence-electron chi connectivity index (χ1n) is 7.81. The average molecular weight is 332 g/mol. The Bertz CT molecular complexity index is 756. The van der Waals surface area contributed by atoms with Crippen molar-refractivity contribution in [2.75, 3.05) is 11.9 Å². The maximum Gasteiger partial charge on any atom is 0.259 e. The van der Waals surface area contributed by atoms with Gasteiger partial charge in [-0.1, -0.05) is 19.9 Å². The third kappa shape index (κ3) is 4.94. The Morgan fingerprint density at radius 2 is 2.08 bits per heavy atom. The van der Waals surface area contributed by atoms with Crippen molar-refractivity contribution < 1.29 is 13.9 Å². The van der Waals surface area contributed by atoms with Crippen LogP contribution in [0.5, 0.6) is 5.75 Å². The van der Waals surface area contributed by atoms with Crippen LogP contribution in [0.1, 0.15) is 36.2 Å². The lowest BCUT2D eigenvalue weighted by atomic mass is 10.1. The largest absolute Gasteiger partial charge is 0.493 e. The van der Waals surface area contributed by atoms with Gasteiger partial charge in [0.05, 0.1) is 12.2 Å². The second-order valence-corrected chi connectivity index (χ2v) is 5.89. The lowest BCUT2D eigenvalue weighted by Crippen LogP contribution is -2.16. The van der Waals surface area contributed by atoms with Crippen LogP contribution in [0.15, 0.2) is 41.3 Å². The maximum absolute atomic E-state index is 12.9. The monoisotopic (exact) mass is 332 g/mol. The molecule has 0 spiro atoms. The Morgan fingerprint density at radius 3 is 2.75 bits per heavy atom. The molecule has 2 N–H and O–H groups in total. The van der Waals surface area contributed by atoms with E-state index in [9.17, 15) is 14.0 Å². The molecule has 0 saturated heterocycles. The van der Waals surface area contributed by atoms with Crippen LogP contribution in [0.25, 0.3) is 0 Å². The highest BCUT2D eigenvalue weighted by atomic mass is 19.1. The molecule has 6 heteroatoms. The summed E-state index contributed by atoms with van der Waals surface area (Å²) in [6, 6.07) is 7.47. The fourth-order valence-corrected chi connectivity index (χ4v) is 2.08. The Kier molecular flexibility index (Phi) is 6.12. The molecule has 1 aromatic carbocycles. The van der Waals surface area contributed by atoms with Gasteiger partial charge in [0.1, 0.15) is 12.4 Å². The highest BCUT2D eigenvalue weighted by Gasteiger charge is 2.14. The average Bonchev–Trinajstić information content (AvgIpc) is 2.54. The Morgan fingerprint density at radius 1 is 1.29 bits per heavy atom. The number of hydrogen-bond donors (Lipinski definition) is 2. The molecule has 0 radical (unpaired) electrons. The van der Waals surface area contributed by atoms with E-state index in [1.807, 2.05) is 0 Å². The van der Waals surface area contributed by atoms with Gasteiger partial charge in [-0.3, -0.25) is 9.59 Å². The number of halogens is 1. The van der Waals surface area contributed by atoms with Gasteiger partial charge in [0.2, 0.25) is 5.56 Å². The molecule has 0 aliphatic heterocycles. The number of pyridine rings is 1. The van der Waals surface area contributed by atoms with Gasteiger partial charge < -0.3 is 15.0 Å². The van der Waals surface area contributed by atoms with E-state index in [0.29, 0.717) is 35.1 Å². The summed E-state index contributed by atoms with van der Waals surface area (Å²) in [5.74, 6) is 0.390. The highest BCUT2D eigenvalue weighted by Crippen LogP contribution is 2.23. The number of ether oxygens (including phenoxy) is 1. The number of hydrogen-bond acceptors (Lipinski definition) is 3. The van der Waals surface area contributed by atoms with Gasteiger partial charge in [-0.25, -0.2) is 4.39 Å². The van der Waals surface area contributed by atoms with E-state index in [0.717, 1.165) is 6.42 Å². The SMILES string of the molecule is CC(C)CCOc1cc(CF)ccc1C(=O)Nc1cc[nH]c(=O)c1. The number of benzene rings is 1. The molecule has 128 valence electrons. The third-order valence-electron chi connectivity index (χ3n) is 3.43. The molecule has 1 aromatic heterocycles. The van der Waals surface area contributed by atoms with Crippen molar-refractivity contribution in [3.63, 3.8) is 0 Å². The van der Waals surface area contributed by atoms with E-state index in [1.54, 1.807) is 12.1 Å². The molecule has 0 fully saturated rings. The van der Waals surface area contributed by atoms with Gasteiger partial charge in [-0.15, -0.1) is 0 Å². The summed E-state index contributed by atoms with van der Waals surface area (Å²) >= 11 is 0. The van der Waals surface area contributed by atoms with Crippen molar-refractivity contribution in [2.45, 2.75) is 26.9 Å². The van der Waals surface area contributed by atoms with Crippen molar-refractivity contribution in [3.8, 4) is 5.75 Å². The van der Waals surface area contributed by atoms with Crippen LogP contribution in [0.2, 0.25) is 0 Å². The minimum atomic E-state index is -0.628. The number of anilines is 1. The number of amides is 1. The second kappa shape index (κ2) is 8.29. The smallest absolute Gasteiger partial charge is 0.259 e. The zero-order chi connectivity index (χ0) is 17.5. The van der Waals surface area contributed by atoms with Crippen LogP contribution >= 0.6 is 0 Å². The molecular formula is C18H21FN2O3. The first kappa shape index (κ1) is 17.7. The molecule has 0 saturated carbocycles. The Labute approximate surface area is 139 Å². The standard InChI is InChI=1S/C18H21FN2O3/c1-12(2)6-8-24-16-9-13(11-19)3-4-15(16)18(23)21-14-5-7-20-17(22)10-14/h3-5,7,9-10,12H,6,8,11H2,1-2H3,(H2,20,21,22,23). The van der Waals surface area contributed by atoms with Gasteiger partial charge in [0.25, 0.3) is 5.91 Å². The number of nitrogens with one attached hydrogen (secondary N) is 2. The van der Waals surface area contributed by atoms with E-state index in [1.165, 1.54) is 24.4 Å². The lowest BCUT2D eigenvalue weighted by Gasteiger charge is -2.13. The van der Waals surface area contributed by atoms with Crippen molar-refractivity contribution in [2.24, 2.45) is 5.92 Å². The summed E-state index contributed by atoms with van der Waals surface area (Å²) in [4.78, 5) is 26.2. The number of carbonyl (C=O) groups excluding carboxylic acids is 1. The van der Waals surface area contributed by atoms with E-state index >= 15 is 0 Å². The fraction of sp³-hybridized carbons (Fsp3) is 0.333. The molecule has 1 heterocycles. The summed E-state index contributed by atoms with van der Waals surface area (Å²) in [5, 5.41) is 2.64. The fourth-order valence-electron chi connectivity index (χ4n) is 2.08. The molecule has 2 aromatic rings. The second-order valence-electron chi connectivity index (χ2n) is 5.89. The van der Waals surface area contributed by atoms with Crippen LogP contribution in [0, 0.1) is 5.92 Å². The number of aromatic amines is 1. The van der Waals surface area contributed by atoms with Crippen molar-refractivity contribution in [3.05, 3.63) is 58.0 Å². The van der Waals surface area contributed by atoms with Crippen molar-refractivity contribution in [1.29, 1.82) is 0 Å². The molecule has 0 aliphatic rings. The normalized spacial score (nSPS) is 10.7. The van der Waals surface area contributed by atoms with Crippen LogP contribution in [0.3, 0.4) is 0 Å². The summed E-state index contributed by atoms with van der Waals surface area (Å²) in [6.07, 6.45) is 2.28. The zero-order valence-corrected chi connectivity index (χ0v) is 13.8. The quantitative estimate of drug-likeness (QED) is 0.815. The van der Waals surface area contributed by atoms with Gasteiger partial charge in [0, 0.05) is 18.0 Å². The first-order chi connectivity index (χ1) is 11.5. The predicted octanol–water partition coefficient (Wildman–Crippen LogP) is 3.52. The summed E-state index contributed by atoms with van der Waals surface area (Å²) < 4.78 is 18.6. The molecule has 0 bridgehead atoms. The van der Waals surface area contributed by atoms with Gasteiger partial charge in [0.15, 0.2) is 0 Å². The summed E-state index contributed by atoms with van der Waals surface area (Å²) in [6.45, 7) is 3.96. The Balaban J connectivity index is 2.20. The third-order valence-corrected chi connectivity index (χ3v) is 3.43. The molecule has 5 nitrogen and oxygen atoms in total. The first-order valence-corrected chi connectivity index (χ1v) is 7.81. The number of carbonyl (C=O) groups is 1. The van der Waals surface area contributed by atoms with Crippen LogP contribution < -0.4 is 15.6 Å². The summed E-state index contributed by atoms with van der Waals surface area (Å²) in [7, 11) is 0. The van der Waals surface area contributed by atoms with E-state index in [-0.39, 0.29) is 5.56 Å². The van der Waals surface area contributed by atoms with Gasteiger partial charge >= 0.3 is 0 Å². The molecule has 0 atom stereocenters. The molecule has 0 aliphatic carbocycles. The number of rotatable bonds is 7. The highest BCUT2D eigenvalue weighted by molar-refractivity contribution is 6.06. The minimum Gasteiger partial charge on any atom is -0.493 e. The molecule has 24 heavy (non-hydrogen) atoms. The topological polar surface area (TPSA) is 71.2 Å². The van der Waals surface area contributed by atoms with E-state index in [4.69, 9.17) is 4.74 Å². The predicted molar refractivity (Wildman–Crippen MR) is 91.2 cm³/mol.